The topological polar surface area (TPSA) is 29.3 Å². The van der Waals surface area contributed by atoms with Crippen molar-refractivity contribution in [2.75, 3.05) is 6.54 Å². The Hall–Kier alpha value is -1.42. The largest absolute Gasteiger partial charge is 0.329 e. The summed E-state index contributed by atoms with van der Waals surface area (Å²) < 4.78 is 13.4. The number of benzene rings is 2. The molecule has 0 saturated heterocycles. The van der Waals surface area contributed by atoms with Crippen LogP contribution < -0.4 is 5.73 Å². The molecule has 21 heavy (non-hydrogen) atoms. The lowest BCUT2D eigenvalue weighted by Gasteiger charge is -2.36. The highest BCUT2D eigenvalue weighted by atomic mass is 35.5. The molecule has 2 aromatic carbocycles. The highest BCUT2D eigenvalue weighted by molar-refractivity contribution is 6.31. The first-order chi connectivity index (χ1) is 10.2. The number of halogens is 2. The normalized spacial score (nSPS) is 18.5. The summed E-state index contributed by atoms with van der Waals surface area (Å²) in [5.41, 5.74) is 9.41. The monoisotopic (exact) mass is 304 g/mol. The van der Waals surface area contributed by atoms with Gasteiger partial charge in [0.25, 0.3) is 0 Å². The molecular formula is C17H18ClFN2. The Morgan fingerprint density at radius 1 is 1.19 bits per heavy atom. The van der Waals surface area contributed by atoms with E-state index < -0.39 is 0 Å². The number of hydrogen-bond acceptors (Lipinski definition) is 2. The molecule has 2 aromatic rings. The van der Waals surface area contributed by atoms with Crippen LogP contribution in [0.3, 0.4) is 0 Å². The smallest absolute Gasteiger partial charge is 0.123 e. The molecule has 2 nitrogen and oxygen atoms in total. The minimum Gasteiger partial charge on any atom is -0.329 e. The first-order valence-corrected chi connectivity index (χ1v) is 7.50. The molecule has 2 N–H and O–H groups in total. The van der Waals surface area contributed by atoms with Gasteiger partial charge in [0, 0.05) is 30.7 Å². The lowest BCUT2D eigenvalue weighted by molar-refractivity contribution is 0.167. The van der Waals surface area contributed by atoms with Crippen LogP contribution in [0.1, 0.15) is 16.7 Å². The van der Waals surface area contributed by atoms with Crippen molar-refractivity contribution in [3.63, 3.8) is 0 Å². The van der Waals surface area contributed by atoms with Gasteiger partial charge in [0.1, 0.15) is 5.82 Å². The second-order valence-electron chi connectivity index (χ2n) is 5.50. The number of rotatable bonds is 3. The quantitative estimate of drug-likeness (QED) is 0.942. The van der Waals surface area contributed by atoms with Crippen LogP contribution in [0.2, 0.25) is 5.02 Å². The van der Waals surface area contributed by atoms with E-state index in [9.17, 15) is 4.39 Å². The minimum absolute atomic E-state index is 0.254. The van der Waals surface area contributed by atoms with Crippen molar-refractivity contribution in [1.29, 1.82) is 0 Å². The Kier molecular flexibility index (Phi) is 4.24. The van der Waals surface area contributed by atoms with Crippen LogP contribution in [-0.2, 0) is 19.5 Å². The number of hydrogen-bond donors (Lipinski definition) is 1. The molecule has 1 aliphatic rings. The number of nitrogens with two attached hydrogens (primary N) is 1. The van der Waals surface area contributed by atoms with Crippen molar-refractivity contribution in [2.24, 2.45) is 5.73 Å². The fraction of sp³-hybridized carbons (Fsp3) is 0.294. The maximum absolute atomic E-state index is 13.4. The van der Waals surface area contributed by atoms with Gasteiger partial charge in [-0.15, -0.1) is 0 Å². The predicted octanol–water partition coefficient (Wildman–Crippen LogP) is 3.36. The Bertz CT molecular complexity index is 644. The Labute approximate surface area is 129 Å². The fourth-order valence-corrected chi connectivity index (χ4v) is 3.12. The van der Waals surface area contributed by atoms with Crippen LogP contribution in [0.5, 0.6) is 0 Å². The molecule has 0 saturated carbocycles. The second kappa shape index (κ2) is 6.14. The first kappa shape index (κ1) is 14.5. The van der Waals surface area contributed by atoms with Crippen molar-refractivity contribution in [1.82, 2.24) is 4.90 Å². The number of fused-ring (bicyclic) bond motifs is 1. The van der Waals surface area contributed by atoms with E-state index in [0.717, 1.165) is 18.5 Å². The summed E-state index contributed by atoms with van der Waals surface area (Å²) in [5, 5.41) is 0.603. The predicted molar refractivity (Wildman–Crippen MR) is 83.6 cm³/mol. The van der Waals surface area contributed by atoms with Gasteiger partial charge in [-0.1, -0.05) is 35.9 Å². The summed E-state index contributed by atoms with van der Waals surface area (Å²) >= 11 is 6.18. The van der Waals surface area contributed by atoms with E-state index in [-0.39, 0.29) is 11.9 Å². The highest BCUT2D eigenvalue weighted by Crippen LogP contribution is 2.26. The Balaban J connectivity index is 1.86. The molecule has 0 aromatic heterocycles. The van der Waals surface area contributed by atoms with E-state index in [0.29, 0.717) is 18.1 Å². The van der Waals surface area contributed by atoms with E-state index in [1.54, 1.807) is 6.07 Å². The lowest BCUT2D eigenvalue weighted by Crippen LogP contribution is -2.44. The summed E-state index contributed by atoms with van der Waals surface area (Å²) in [4.78, 5) is 2.28. The zero-order chi connectivity index (χ0) is 14.8. The number of nitrogens with zero attached hydrogens (tertiary/aromatic N) is 1. The first-order valence-electron chi connectivity index (χ1n) is 7.12. The highest BCUT2D eigenvalue weighted by Gasteiger charge is 2.25. The van der Waals surface area contributed by atoms with E-state index >= 15 is 0 Å². The molecule has 1 aliphatic heterocycles. The summed E-state index contributed by atoms with van der Waals surface area (Å²) in [5.74, 6) is -0.254. The van der Waals surface area contributed by atoms with Crippen molar-refractivity contribution in [3.05, 3.63) is 70.0 Å². The average Bonchev–Trinajstić information content (AvgIpc) is 2.50. The minimum atomic E-state index is -0.254. The molecule has 0 bridgehead atoms. The molecule has 0 aliphatic carbocycles. The van der Waals surface area contributed by atoms with Crippen LogP contribution in [-0.4, -0.2) is 17.5 Å². The molecule has 0 amide bonds. The second-order valence-corrected chi connectivity index (χ2v) is 5.91. The van der Waals surface area contributed by atoms with Crippen molar-refractivity contribution < 1.29 is 4.39 Å². The zero-order valence-corrected chi connectivity index (χ0v) is 12.5. The standard InChI is InChI=1S/C17H18ClFN2/c18-17-6-5-15(19)7-14(17)11-21-10-13-4-2-1-3-12(13)8-16(21)9-20/h1-7,16H,8-11,20H2. The third-order valence-corrected chi connectivity index (χ3v) is 4.49. The zero-order valence-electron chi connectivity index (χ0n) is 11.7. The summed E-state index contributed by atoms with van der Waals surface area (Å²) in [7, 11) is 0. The lowest BCUT2D eigenvalue weighted by atomic mass is 9.93. The molecule has 0 radical (unpaired) electrons. The van der Waals surface area contributed by atoms with Gasteiger partial charge < -0.3 is 5.73 Å². The molecule has 3 rings (SSSR count). The van der Waals surface area contributed by atoms with E-state index in [1.165, 1.54) is 23.3 Å². The van der Waals surface area contributed by atoms with Gasteiger partial charge in [-0.05, 0) is 41.3 Å². The molecule has 0 spiro atoms. The molecule has 1 atom stereocenters. The fourth-order valence-electron chi connectivity index (χ4n) is 2.94. The van der Waals surface area contributed by atoms with Crippen LogP contribution in [0.25, 0.3) is 0 Å². The van der Waals surface area contributed by atoms with Gasteiger partial charge in [0.2, 0.25) is 0 Å². The molecule has 1 heterocycles. The summed E-state index contributed by atoms with van der Waals surface area (Å²) in [6.45, 7) is 2.03. The molecule has 4 heteroatoms. The van der Waals surface area contributed by atoms with E-state index in [4.69, 9.17) is 17.3 Å². The van der Waals surface area contributed by atoms with E-state index in [2.05, 4.69) is 29.2 Å². The van der Waals surface area contributed by atoms with Crippen molar-refractivity contribution >= 4 is 11.6 Å². The molecule has 0 fully saturated rings. The summed E-state index contributed by atoms with van der Waals surface area (Å²) in [6.07, 6.45) is 0.930. The SMILES string of the molecule is NCC1Cc2ccccc2CN1Cc1cc(F)ccc1Cl. The van der Waals surface area contributed by atoms with Gasteiger partial charge in [-0.3, -0.25) is 4.90 Å². The van der Waals surface area contributed by atoms with Crippen LogP contribution in [0.15, 0.2) is 42.5 Å². The maximum Gasteiger partial charge on any atom is 0.123 e. The van der Waals surface area contributed by atoms with Crippen molar-refractivity contribution in [3.8, 4) is 0 Å². The van der Waals surface area contributed by atoms with Crippen LogP contribution >= 0.6 is 11.6 Å². The Morgan fingerprint density at radius 2 is 1.95 bits per heavy atom. The average molecular weight is 305 g/mol. The van der Waals surface area contributed by atoms with Crippen molar-refractivity contribution in [2.45, 2.75) is 25.6 Å². The van der Waals surface area contributed by atoms with Gasteiger partial charge in [0.05, 0.1) is 0 Å². The van der Waals surface area contributed by atoms with Gasteiger partial charge >= 0.3 is 0 Å². The Morgan fingerprint density at radius 3 is 2.71 bits per heavy atom. The third kappa shape index (κ3) is 3.10. The molecule has 110 valence electrons. The van der Waals surface area contributed by atoms with Crippen LogP contribution in [0.4, 0.5) is 4.39 Å². The van der Waals surface area contributed by atoms with E-state index in [1.807, 2.05) is 0 Å². The van der Waals surface area contributed by atoms with Gasteiger partial charge in [0.15, 0.2) is 0 Å². The molecule has 1 unspecified atom stereocenters. The maximum atomic E-state index is 13.4. The van der Waals surface area contributed by atoms with Gasteiger partial charge in [-0.25, -0.2) is 4.39 Å². The third-order valence-electron chi connectivity index (χ3n) is 4.12. The van der Waals surface area contributed by atoms with Gasteiger partial charge in [-0.2, -0.15) is 0 Å². The van der Waals surface area contributed by atoms with Crippen LogP contribution in [0, 0.1) is 5.82 Å². The molecular weight excluding hydrogens is 287 g/mol. The summed E-state index contributed by atoms with van der Waals surface area (Å²) in [6, 6.07) is 13.2.